The van der Waals surface area contributed by atoms with Crippen LogP contribution in [0, 0.1) is 15.9 Å². The third-order valence-electron chi connectivity index (χ3n) is 5.96. The van der Waals surface area contributed by atoms with E-state index in [1.165, 1.54) is 30.3 Å². The van der Waals surface area contributed by atoms with Crippen LogP contribution in [0.2, 0.25) is 0 Å². The normalized spacial score (nSPS) is 16.6. The molecule has 2 aliphatic rings. The molecule has 0 saturated heterocycles. The summed E-state index contributed by atoms with van der Waals surface area (Å²) in [5, 5.41) is 13.8. The molecule has 3 aromatic carbocycles. The molecule has 0 bridgehead atoms. The molecule has 8 nitrogen and oxygen atoms in total. The molecule has 174 valence electrons. The van der Waals surface area contributed by atoms with Crippen LogP contribution in [0.25, 0.3) is 6.08 Å². The second-order valence-corrected chi connectivity index (χ2v) is 8.07. The number of carbonyl (C=O) groups excluding carboxylic acids is 2. The lowest BCUT2D eigenvalue weighted by molar-refractivity contribution is -0.385. The zero-order valence-electron chi connectivity index (χ0n) is 18.3. The molecular weight excluding hydrogens is 451 g/mol. The van der Waals surface area contributed by atoms with E-state index in [4.69, 9.17) is 0 Å². The largest absolute Gasteiger partial charge is 0.323 e. The number of anilines is 1. The smallest absolute Gasteiger partial charge is 0.276 e. The average Bonchev–Trinajstić information content (AvgIpc) is 3.25. The first-order valence-electron chi connectivity index (χ1n) is 10.9. The summed E-state index contributed by atoms with van der Waals surface area (Å²) in [6.07, 6.45) is 1.75. The van der Waals surface area contributed by atoms with Gasteiger partial charge < -0.3 is 10.2 Å². The van der Waals surface area contributed by atoms with Gasteiger partial charge in [0.25, 0.3) is 11.6 Å². The van der Waals surface area contributed by atoms with Gasteiger partial charge in [-0.2, -0.15) is 0 Å². The summed E-state index contributed by atoms with van der Waals surface area (Å²) in [6, 6.07) is 17.7. The van der Waals surface area contributed by atoms with Crippen molar-refractivity contribution in [1.29, 1.82) is 0 Å². The number of nitro groups is 1. The van der Waals surface area contributed by atoms with Gasteiger partial charge in [0, 0.05) is 29.8 Å². The fraction of sp³-hybridized carbons (Fsp3) is 0.115. The Hall–Kier alpha value is -4.66. The van der Waals surface area contributed by atoms with Crippen molar-refractivity contribution in [3.05, 3.63) is 111 Å². The topological polar surface area (TPSA) is 105 Å². The van der Waals surface area contributed by atoms with E-state index in [1.54, 1.807) is 35.2 Å². The minimum absolute atomic E-state index is 0.151. The summed E-state index contributed by atoms with van der Waals surface area (Å²) < 4.78 is 14.8. The zero-order valence-corrected chi connectivity index (χ0v) is 18.3. The van der Waals surface area contributed by atoms with Crippen molar-refractivity contribution in [1.82, 2.24) is 5.32 Å². The quantitative estimate of drug-likeness (QED) is 0.349. The van der Waals surface area contributed by atoms with Crippen molar-refractivity contribution < 1.29 is 18.9 Å². The van der Waals surface area contributed by atoms with E-state index in [-0.39, 0.29) is 22.5 Å². The van der Waals surface area contributed by atoms with E-state index in [0.717, 1.165) is 11.6 Å². The molecule has 1 unspecified atom stereocenters. The van der Waals surface area contributed by atoms with Crippen molar-refractivity contribution in [3.63, 3.8) is 0 Å². The highest BCUT2D eigenvalue weighted by Crippen LogP contribution is 2.36. The van der Waals surface area contributed by atoms with Gasteiger partial charge in [-0.25, -0.2) is 9.38 Å². The van der Waals surface area contributed by atoms with Crippen LogP contribution < -0.4 is 10.2 Å². The Morgan fingerprint density at radius 2 is 1.83 bits per heavy atom. The molecule has 1 N–H and O–H groups in total. The minimum atomic E-state index is -1.30. The Morgan fingerprint density at radius 3 is 2.63 bits per heavy atom. The molecule has 0 saturated carbocycles. The van der Waals surface area contributed by atoms with Gasteiger partial charge in [-0.3, -0.25) is 19.7 Å². The molecule has 2 heterocycles. The second-order valence-electron chi connectivity index (χ2n) is 8.07. The second kappa shape index (κ2) is 8.94. The predicted molar refractivity (Wildman–Crippen MR) is 129 cm³/mol. The van der Waals surface area contributed by atoms with Gasteiger partial charge in [0.15, 0.2) is 0 Å². The molecule has 2 aliphatic heterocycles. The molecule has 0 spiro atoms. The summed E-state index contributed by atoms with van der Waals surface area (Å²) in [7, 11) is 0. The highest BCUT2D eigenvalue weighted by molar-refractivity contribution is 6.21. The molecule has 3 aromatic rings. The van der Waals surface area contributed by atoms with Gasteiger partial charge in [-0.15, -0.1) is 0 Å². The maximum atomic E-state index is 14.8. The SMILES string of the molecule is O=C(/C=C/c1ccccc1[N+](=O)[O-])NC1N=C(c2ccccc2F)c2cccc3c2N(CC3)C1=O. The maximum absolute atomic E-state index is 14.8. The van der Waals surface area contributed by atoms with Crippen LogP contribution in [-0.2, 0) is 16.0 Å². The van der Waals surface area contributed by atoms with Gasteiger partial charge in [-0.05, 0) is 36.3 Å². The van der Waals surface area contributed by atoms with Crippen LogP contribution in [0.1, 0.15) is 22.3 Å². The molecule has 0 aromatic heterocycles. The lowest BCUT2D eigenvalue weighted by atomic mass is 9.98. The Morgan fingerprint density at radius 1 is 1.09 bits per heavy atom. The zero-order chi connectivity index (χ0) is 24.5. The number of carbonyl (C=O) groups is 2. The van der Waals surface area contributed by atoms with Crippen LogP contribution >= 0.6 is 0 Å². The lowest BCUT2D eigenvalue weighted by Gasteiger charge is -2.20. The van der Waals surface area contributed by atoms with Crippen molar-refractivity contribution in [2.75, 3.05) is 11.4 Å². The fourth-order valence-corrected chi connectivity index (χ4v) is 4.37. The number of amides is 2. The van der Waals surface area contributed by atoms with E-state index in [1.807, 2.05) is 12.1 Å². The number of aliphatic imine (C=N–C) groups is 1. The molecule has 35 heavy (non-hydrogen) atoms. The van der Waals surface area contributed by atoms with Gasteiger partial charge in [0.2, 0.25) is 12.1 Å². The van der Waals surface area contributed by atoms with Crippen LogP contribution in [0.3, 0.4) is 0 Å². The van der Waals surface area contributed by atoms with E-state index in [0.29, 0.717) is 24.2 Å². The summed E-state index contributed by atoms with van der Waals surface area (Å²) in [6.45, 7) is 0.420. The number of para-hydroxylation sites is 2. The van der Waals surface area contributed by atoms with Crippen LogP contribution in [0.15, 0.2) is 77.8 Å². The van der Waals surface area contributed by atoms with E-state index >= 15 is 0 Å². The Labute approximate surface area is 199 Å². The Bertz CT molecular complexity index is 1430. The predicted octanol–water partition coefficient (Wildman–Crippen LogP) is 3.63. The standard InChI is InChI=1S/C26H19FN4O4/c27-20-10-3-2-8-18(20)23-19-9-5-7-17-14-15-30(24(17)19)26(33)25(29-23)28-22(32)13-12-16-6-1-4-11-21(16)31(34)35/h1-13,25H,14-15H2,(H,28,32)/b13-12+. The molecule has 1 atom stereocenters. The number of rotatable bonds is 5. The number of nitro benzene ring substituents is 1. The van der Waals surface area contributed by atoms with Gasteiger partial charge >= 0.3 is 0 Å². The van der Waals surface area contributed by atoms with Crippen LogP contribution in [0.5, 0.6) is 0 Å². The van der Waals surface area contributed by atoms with Crippen molar-refractivity contribution in [3.8, 4) is 0 Å². The first kappa shape index (κ1) is 22.1. The summed E-state index contributed by atoms with van der Waals surface area (Å²) in [5.74, 6) is -1.59. The third kappa shape index (κ3) is 4.08. The highest BCUT2D eigenvalue weighted by Gasteiger charge is 2.37. The van der Waals surface area contributed by atoms with Crippen molar-refractivity contribution in [2.45, 2.75) is 12.6 Å². The molecular formula is C26H19FN4O4. The highest BCUT2D eigenvalue weighted by atomic mass is 19.1. The van der Waals surface area contributed by atoms with Gasteiger partial charge in [0.05, 0.1) is 21.9 Å². The number of hydrogen-bond donors (Lipinski definition) is 1. The molecule has 0 radical (unpaired) electrons. The number of benzene rings is 3. The number of nitrogens with zero attached hydrogens (tertiary/aromatic N) is 3. The van der Waals surface area contributed by atoms with Crippen LogP contribution in [0.4, 0.5) is 15.8 Å². The van der Waals surface area contributed by atoms with Gasteiger partial charge in [-0.1, -0.05) is 42.5 Å². The third-order valence-corrected chi connectivity index (χ3v) is 5.96. The monoisotopic (exact) mass is 470 g/mol. The molecule has 0 fully saturated rings. The average molecular weight is 470 g/mol. The summed E-state index contributed by atoms with van der Waals surface area (Å²) >= 11 is 0. The van der Waals surface area contributed by atoms with E-state index < -0.39 is 28.7 Å². The van der Waals surface area contributed by atoms with E-state index in [9.17, 15) is 24.1 Å². The molecule has 2 amide bonds. The van der Waals surface area contributed by atoms with E-state index in [2.05, 4.69) is 10.3 Å². The molecule has 0 aliphatic carbocycles. The van der Waals surface area contributed by atoms with Crippen LogP contribution in [-0.4, -0.2) is 35.2 Å². The maximum Gasteiger partial charge on any atom is 0.276 e. The first-order valence-corrected chi connectivity index (χ1v) is 10.9. The van der Waals surface area contributed by atoms with Crippen molar-refractivity contribution >= 4 is 35.0 Å². The molecule has 9 heteroatoms. The first-order chi connectivity index (χ1) is 16.9. The fourth-order valence-electron chi connectivity index (χ4n) is 4.37. The van der Waals surface area contributed by atoms with Gasteiger partial charge in [0.1, 0.15) is 5.82 Å². The number of nitrogens with one attached hydrogen (secondary N) is 1. The molecule has 5 rings (SSSR count). The Balaban J connectivity index is 1.52. The van der Waals surface area contributed by atoms with Crippen molar-refractivity contribution in [2.24, 2.45) is 4.99 Å². The summed E-state index contributed by atoms with van der Waals surface area (Å²) in [4.78, 5) is 42.9. The minimum Gasteiger partial charge on any atom is -0.323 e. The lowest BCUT2D eigenvalue weighted by Crippen LogP contribution is -2.46. The number of halogens is 1. The number of hydrogen-bond acceptors (Lipinski definition) is 5. The Kier molecular flexibility index (Phi) is 5.66. The summed E-state index contributed by atoms with van der Waals surface area (Å²) in [5.41, 5.74) is 2.82.